The van der Waals surface area contributed by atoms with Crippen molar-refractivity contribution in [3.63, 3.8) is 0 Å². The number of nitrogens with zero attached hydrogens (tertiary/aromatic N) is 4. The molecule has 1 fully saturated rings. The average molecular weight is 481 g/mol. The highest BCUT2D eigenvalue weighted by Gasteiger charge is 2.35. The van der Waals surface area contributed by atoms with Crippen LogP contribution in [0, 0.1) is 20.8 Å². The largest absolute Gasteiger partial charge is 0.360 e. The van der Waals surface area contributed by atoms with Gasteiger partial charge in [-0.2, -0.15) is 4.31 Å². The fourth-order valence-corrected chi connectivity index (χ4v) is 6.52. The Balaban J connectivity index is 1.49. The molecule has 0 spiro atoms. The molecule has 1 saturated heterocycles. The lowest BCUT2D eigenvalue weighted by Gasteiger charge is -2.33. The van der Waals surface area contributed by atoms with Crippen molar-refractivity contribution in [2.24, 2.45) is 0 Å². The Labute approximate surface area is 189 Å². The molecule has 1 amide bonds. The van der Waals surface area contributed by atoms with Gasteiger partial charge < -0.3 is 9.42 Å². The van der Waals surface area contributed by atoms with E-state index < -0.39 is 10.0 Å². The highest BCUT2D eigenvalue weighted by Crippen LogP contribution is 2.31. The summed E-state index contributed by atoms with van der Waals surface area (Å²) in [6.07, 6.45) is 0. The minimum Gasteiger partial charge on any atom is -0.360 e. The number of thiazole rings is 1. The molecule has 1 aromatic carbocycles. The van der Waals surface area contributed by atoms with Gasteiger partial charge in [-0.25, -0.2) is 13.4 Å². The van der Waals surface area contributed by atoms with Crippen molar-refractivity contribution >= 4 is 38.9 Å². The predicted octanol–water partition coefficient (Wildman–Crippen LogP) is 3.52. The van der Waals surface area contributed by atoms with E-state index in [0.29, 0.717) is 34.4 Å². The number of carbonyl (C=O) groups is 1. The molecule has 2 aromatic heterocycles. The van der Waals surface area contributed by atoms with Crippen LogP contribution < -0.4 is 0 Å². The van der Waals surface area contributed by atoms with Gasteiger partial charge in [-0.3, -0.25) is 4.79 Å². The molecule has 1 aliphatic heterocycles. The average Bonchev–Trinajstić information content (AvgIpc) is 3.29. The Bertz CT molecular complexity index is 1220. The first-order chi connectivity index (χ1) is 14.7. The SMILES string of the molecule is Cc1nc(-c2cccc(Cl)c2)sc1C(=O)N1CCN(S(=O)(=O)c2c(C)noc2C)CC1. The molecule has 11 heteroatoms. The number of carbonyl (C=O) groups excluding carboxylic acids is 1. The van der Waals surface area contributed by atoms with Crippen LogP contribution in [0.5, 0.6) is 0 Å². The Hall–Kier alpha value is -2.27. The number of amides is 1. The third-order valence-corrected chi connectivity index (χ3v) is 8.73. The van der Waals surface area contributed by atoms with Crippen molar-refractivity contribution < 1.29 is 17.7 Å². The Morgan fingerprint density at radius 2 is 1.84 bits per heavy atom. The van der Waals surface area contributed by atoms with Gasteiger partial charge in [0.15, 0.2) is 5.76 Å². The summed E-state index contributed by atoms with van der Waals surface area (Å²) in [6.45, 7) is 5.99. The van der Waals surface area contributed by atoms with Gasteiger partial charge in [0.1, 0.15) is 20.5 Å². The molecule has 0 bridgehead atoms. The van der Waals surface area contributed by atoms with Gasteiger partial charge in [0.05, 0.1) is 5.69 Å². The summed E-state index contributed by atoms with van der Waals surface area (Å²) in [6, 6.07) is 7.34. The maximum Gasteiger partial charge on any atom is 0.265 e. The Morgan fingerprint density at radius 1 is 1.13 bits per heavy atom. The zero-order valence-corrected chi connectivity index (χ0v) is 19.6. The van der Waals surface area contributed by atoms with Crippen molar-refractivity contribution in [1.82, 2.24) is 19.3 Å². The van der Waals surface area contributed by atoms with Crippen molar-refractivity contribution in [3.8, 4) is 10.6 Å². The third-order valence-electron chi connectivity index (χ3n) is 5.15. The zero-order valence-electron chi connectivity index (χ0n) is 17.3. The molecule has 31 heavy (non-hydrogen) atoms. The number of rotatable bonds is 4. The van der Waals surface area contributed by atoms with Crippen LogP contribution in [0.15, 0.2) is 33.7 Å². The molecule has 8 nitrogen and oxygen atoms in total. The molecule has 4 rings (SSSR count). The number of halogens is 1. The number of benzene rings is 1. The van der Waals surface area contributed by atoms with E-state index in [2.05, 4.69) is 10.1 Å². The summed E-state index contributed by atoms with van der Waals surface area (Å²) < 4.78 is 32.4. The summed E-state index contributed by atoms with van der Waals surface area (Å²) in [5.41, 5.74) is 1.84. The second-order valence-electron chi connectivity index (χ2n) is 7.29. The lowest BCUT2D eigenvalue weighted by molar-refractivity contribution is 0.0701. The molecule has 0 N–H and O–H groups in total. The van der Waals surface area contributed by atoms with E-state index in [-0.39, 0.29) is 29.7 Å². The maximum atomic E-state index is 13.1. The molecule has 0 radical (unpaired) electrons. The van der Waals surface area contributed by atoms with Crippen molar-refractivity contribution in [2.45, 2.75) is 25.7 Å². The number of hydrogen-bond donors (Lipinski definition) is 0. The summed E-state index contributed by atoms with van der Waals surface area (Å²) in [4.78, 5) is 20.0. The molecule has 0 saturated carbocycles. The van der Waals surface area contributed by atoms with E-state index in [1.54, 1.807) is 31.7 Å². The number of sulfonamides is 1. The number of aryl methyl sites for hydroxylation is 3. The van der Waals surface area contributed by atoms with Crippen molar-refractivity contribution in [3.05, 3.63) is 51.3 Å². The van der Waals surface area contributed by atoms with Crippen LogP contribution in [-0.4, -0.2) is 59.8 Å². The Morgan fingerprint density at radius 3 is 2.45 bits per heavy atom. The summed E-state index contributed by atoms with van der Waals surface area (Å²) in [5.74, 6) is 0.127. The lowest BCUT2D eigenvalue weighted by Crippen LogP contribution is -2.50. The molecule has 0 atom stereocenters. The smallest absolute Gasteiger partial charge is 0.265 e. The minimum absolute atomic E-state index is 0.108. The number of hydrogen-bond acceptors (Lipinski definition) is 7. The molecular weight excluding hydrogens is 460 g/mol. The highest BCUT2D eigenvalue weighted by atomic mass is 35.5. The number of aromatic nitrogens is 2. The first-order valence-electron chi connectivity index (χ1n) is 9.64. The molecule has 3 aromatic rings. The molecule has 0 aliphatic carbocycles. The van der Waals surface area contributed by atoms with Gasteiger partial charge in [0, 0.05) is 36.8 Å². The quantitative estimate of drug-likeness (QED) is 0.566. The third kappa shape index (κ3) is 4.12. The molecule has 3 heterocycles. The van der Waals surface area contributed by atoms with Crippen LogP contribution in [0.3, 0.4) is 0 Å². The van der Waals surface area contributed by atoms with Crippen molar-refractivity contribution in [2.75, 3.05) is 26.2 Å². The second kappa shape index (κ2) is 8.34. The fraction of sp³-hybridized carbons (Fsp3) is 0.350. The first-order valence-corrected chi connectivity index (χ1v) is 12.3. The maximum absolute atomic E-state index is 13.1. The van der Waals surface area contributed by atoms with Crippen LogP contribution >= 0.6 is 22.9 Å². The van der Waals surface area contributed by atoms with Gasteiger partial charge >= 0.3 is 0 Å². The van der Waals surface area contributed by atoms with Gasteiger partial charge in [0.2, 0.25) is 10.0 Å². The van der Waals surface area contributed by atoms with Gasteiger partial charge in [-0.15, -0.1) is 11.3 Å². The van der Waals surface area contributed by atoms with Crippen LogP contribution in [0.25, 0.3) is 10.6 Å². The molecule has 0 unspecified atom stereocenters. The number of piperazine rings is 1. The van der Waals surface area contributed by atoms with E-state index in [0.717, 1.165) is 10.6 Å². The summed E-state index contributed by atoms with van der Waals surface area (Å²) in [5, 5.41) is 5.07. The van der Waals surface area contributed by atoms with Gasteiger partial charge in [0.25, 0.3) is 5.91 Å². The highest BCUT2D eigenvalue weighted by molar-refractivity contribution is 7.89. The normalized spacial score (nSPS) is 15.4. The van der Waals surface area contributed by atoms with Crippen LogP contribution in [0.1, 0.15) is 26.8 Å². The standard InChI is InChI=1S/C20H21ClN4O4S2/c1-12-17(30-19(22-12)15-5-4-6-16(21)11-15)20(26)24-7-9-25(10-8-24)31(27,28)18-13(2)23-29-14(18)3/h4-6,11H,7-10H2,1-3H3. The fourth-order valence-electron chi connectivity index (χ4n) is 3.59. The molecule has 1 aliphatic rings. The van der Waals surface area contributed by atoms with Crippen LogP contribution in [0.4, 0.5) is 0 Å². The van der Waals surface area contributed by atoms with E-state index in [9.17, 15) is 13.2 Å². The predicted molar refractivity (Wildman–Crippen MR) is 118 cm³/mol. The monoisotopic (exact) mass is 480 g/mol. The van der Waals surface area contributed by atoms with E-state index in [4.69, 9.17) is 16.1 Å². The zero-order chi connectivity index (χ0) is 22.3. The van der Waals surface area contributed by atoms with Gasteiger partial charge in [-0.1, -0.05) is 28.9 Å². The van der Waals surface area contributed by atoms with Crippen LogP contribution in [-0.2, 0) is 10.0 Å². The summed E-state index contributed by atoms with van der Waals surface area (Å²) >= 11 is 7.39. The lowest BCUT2D eigenvalue weighted by atomic mass is 10.2. The van der Waals surface area contributed by atoms with E-state index >= 15 is 0 Å². The second-order valence-corrected chi connectivity index (χ2v) is 10.6. The van der Waals surface area contributed by atoms with E-state index in [1.807, 2.05) is 18.2 Å². The van der Waals surface area contributed by atoms with Crippen molar-refractivity contribution in [1.29, 1.82) is 0 Å². The molecular formula is C20H21ClN4O4S2. The first kappa shape index (κ1) is 21.9. The van der Waals surface area contributed by atoms with Gasteiger partial charge in [-0.05, 0) is 32.9 Å². The van der Waals surface area contributed by atoms with E-state index in [1.165, 1.54) is 15.6 Å². The summed E-state index contributed by atoms with van der Waals surface area (Å²) in [7, 11) is -3.72. The Kier molecular flexibility index (Phi) is 5.91. The van der Waals surface area contributed by atoms with Crippen LogP contribution in [0.2, 0.25) is 5.02 Å². The topological polar surface area (TPSA) is 96.6 Å². The molecule has 164 valence electrons. The minimum atomic E-state index is -3.72.